The summed E-state index contributed by atoms with van der Waals surface area (Å²) in [5.74, 6) is -0.174. The molecule has 2 aromatic carbocycles. The Kier molecular flexibility index (Phi) is 3.15. The lowest BCUT2D eigenvalue weighted by Gasteiger charge is -2.17. The van der Waals surface area contributed by atoms with Crippen LogP contribution in [0, 0.1) is 24.1 Å². The Morgan fingerprint density at radius 3 is 2.90 bits per heavy atom. The molecule has 100 valence electrons. The predicted octanol–water partition coefficient (Wildman–Crippen LogP) is 4.11. The van der Waals surface area contributed by atoms with Gasteiger partial charge in [-0.25, -0.2) is 4.39 Å². The maximum absolute atomic E-state index is 13.2. The first-order valence-electron chi connectivity index (χ1n) is 6.73. The first-order chi connectivity index (χ1) is 9.67. The van der Waals surface area contributed by atoms with Crippen LogP contribution >= 0.6 is 0 Å². The van der Waals surface area contributed by atoms with Crippen molar-refractivity contribution in [1.82, 2.24) is 0 Å². The number of benzene rings is 2. The summed E-state index contributed by atoms with van der Waals surface area (Å²) in [6, 6.07) is 13.0. The Labute approximate surface area is 117 Å². The summed E-state index contributed by atoms with van der Waals surface area (Å²) in [6.45, 7) is 2.02. The molecule has 0 aliphatic heterocycles. The third kappa shape index (κ3) is 2.25. The standard InChI is InChI=1S/C17H15FN2/c1-11-2-3-12(10-19)8-17(11)20-16-7-4-13-9-14(18)5-6-15(13)16/h2-3,5-6,8-9,16,20H,4,7H2,1H3. The molecule has 0 bridgehead atoms. The van der Waals surface area contributed by atoms with Gasteiger partial charge in [-0.1, -0.05) is 12.1 Å². The van der Waals surface area contributed by atoms with E-state index < -0.39 is 0 Å². The van der Waals surface area contributed by atoms with Crippen molar-refractivity contribution < 1.29 is 4.39 Å². The van der Waals surface area contributed by atoms with Gasteiger partial charge in [0.05, 0.1) is 17.7 Å². The molecule has 2 nitrogen and oxygen atoms in total. The van der Waals surface area contributed by atoms with Crippen molar-refractivity contribution in [3.05, 3.63) is 64.5 Å². The van der Waals surface area contributed by atoms with Gasteiger partial charge in [0.1, 0.15) is 5.82 Å². The van der Waals surface area contributed by atoms with E-state index in [2.05, 4.69) is 11.4 Å². The zero-order chi connectivity index (χ0) is 14.1. The van der Waals surface area contributed by atoms with Crippen molar-refractivity contribution in [3.8, 4) is 6.07 Å². The number of nitriles is 1. The molecule has 0 heterocycles. The number of halogens is 1. The Balaban J connectivity index is 1.89. The largest absolute Gasteiger partial charge is 0.378 e. The van der Waals surface area contributed by atoms with Crippen molar-refractivity contribution in [2.75, 3.05) is 5.32 Å². The van der Waals surface area contributed by atoms with Crippen LogP contribution in [0.25, 0.3) is 0 Å². The fourth-order valence-corrected chi connectivity index (χ4v) is 2.77. The predicted molar refractivity (Wildman–Crippen MR) is 77.0 cm³/mol. The van der Waals surface area contributed by atoms with E-state index in [0.717, 1.165) is 35.2 Å². The second kappa shape index (κ2) is 4.97. The van der Waals surface area contributed by atoms with Gasteiger partial charge in [-0.05, 0) is 60.7 Å². The fraction of sp³-hybridized carbons (Fsp3) is 0.235. The zero-order valence-electron chi connectivity index (χ0n) is 11.3. The van der Waals surface area contributed by atoms with Crippen molar-refractivity contribution in [2.24, 2.45) is 0 Å². The summed E-state index contributed by atoms with van der Waals surface area (Å²) in [4.78, 5) is 0. The lowest BCUT2D eigenvalue weighted by atomic mass is 10.1. The van der Waals surface area contributed by atoms with Crippen molar-refractivity contribution >= 4 is 5.69 Å². The Hall–Kier alpha value is -2.34. The van der Waals surface area contributed by atoms with Gasteiger partial charge >= 0.3 is 0 Å². The van der Waals surface area contributed by atoms with Gasteiger partial charge in [-0.3, -0.25) is 0 Å². The van der Waals surface area contributed by atoms with E-state index in [1.54, 1.807) is 6.07 Å². The highest BCUT2D eigenvalue weighted by Crippen LogP contribution is 2.35. The molecular formula is C17H15FN2. The van der Waals surface area contributed by atoms with Crippen LogP contribution in [-0.2, 0) is 6.42 Å². The van der Waals surface area contributed by atoms with E-state index in [-0.39, 0.29) is 11.9 Å². The van der Waals surface area contributed by atoms with Crippen LogP contribution in [0.15, 0.2) is 36.4 Å². The quantitative estimate of drug-likeness (QED) is 0.888. The van der Waals surface area contributed by atoms with Crippen molar-refractivity contribution in [1.29, 1.82) is 5.26 Å². The average molecular weight is 266 g/mol. The molecular weight excluding hydrogens is 251 g/mol. The van der Waals surface area contributed by atoms with Crippen LogP contribution in [0.4, 0.5) is 10.1 Å². The van der Waals surface area contributed by atoms with E-state index in [1.807, 2.05) is 31.2 Å². The molecule has 0 radical (unpaired) electrons. The molecule has 1 aliphatic carbocycles. The molecule has 2 aromatic rings. The van der Waals surface area contributed by atoms with Gasteiger partial charge in [-0.15, -0.1) is 0 Å². The smallest absolute Gasteiger partial charge is 0.123 e. The molecule has 0 amide bonds. The normalized spacial score (nSPS) is 16.6. The minimum atomic E-state index is -0.174. The second-order valence-electron chi connectivity index (χ2n) is 5.22. The number of nitrogens with one attached hydrogen (secondary N) is 1. The molecule has 0 saturated carbocycles. The van der Waals surface area contributed by atoms with Crippen molar-refractivity contribution in [3.63, 3.8) is 0 Å². The Bertz CT molecular complexity index is 701. The molecule has 3 rings (SSSR count). The fourth-order valence-electron chi connectivity index (χ4n) is 2.77. The highest BCUT2D eigenvalue weighted by Gasteiger charge is 2.23. The molecule has 0 aromatic heterocycles. The number of fused-ring (bicyclic) bond motifs is 1. The third-order valence-electron chi connectivity index (χ3n) is 3.88. The van der Waals surface area contributed by atoms with Gasteiger partial charge < -0.3 is 5.32 Å². The highest BCUT2D eigenvalue weighted by molar-refractivity contribution is 5.57. The van der Waals surface area contributed by atoms with Gasteiger partial charge in [-0.2, -0.15) is 5.26 Å². The van der Waals surface area contributed by atoms with E-state index in [9.17, 15) is 4.39 Å². The van der Waals surface area contributed by atoms with Gasteiger partial charge in [0.25, 0.3) is 0 Å². The molecule has 0 spiro atoms. The summed E-state index contributed by atoms with van der Waals surface area (Å²) in [5.41, 5.74) is 4.98. The SMILES string of the molecule is Cc1ccc(C#N)cc1NC1CCc2cc(F)ccc21. The van der Waals surface area contributed by atoms with E-state index >= 15 is 0 Å². The molecule has 20 heavy (non-hydrogen) atoms. The van der Waals surface area contributed by atoms with Crippen LogP contribution < -0.4 is 5.32 Å². The van der Waals surface area contributed by atoms with Crippen LogP contribution in [0.3, 0.4) is 0 Å². The lowest BCUT2D eigenvalue weighted by Crippen LogP contribution is -2.08. The number of nitrogens with zero attached hydrogens (tertiary/aromatic N) is 1. The maximum Gasteiger partial charge on any atom is 0.123 e. The maximum atomic E-state index is 13.2. The van der Waals surface area contributed by atoms with Gasteiger partial charge in [0.2, 0.25) is 0 Å². The minimum absolute atomic E-state index is 0.174. The highest BCUT2D eigenvalue weighted by atomic mass is 19.1. The molecule has 1 unspecified atom stereocenters. The molecule has 0 saturated heterocycles. The van der Waals surface area contributed by atoms with Crippen LogP contribution in [0.5, 0.6) is 0 Å². The van der Waals surface area contributed by atoms with Gasteiger partial charge in [0.15, 0.2) is 0 Å². The van der Waals surface area contributed by atoms with E-state index in [1.165, 1.54) is 6.07 Å². The summed E-state index contributed by atoms with van der Waals surface area (Å²) < 4.78 is 13.2. The lowest BCUT2D eigenvalue weighted by molar-refractivity contribution is 0.626. The summed E-state index contributed by atoms with van der Waals surface area (Å²) >= 11 is 0. The first-order valence-corrected chi connectivity index (χ1v) is 6.73. The molecule has 1 N–H and O–H groups in total. The average Bonchev–Trinajstić information content (AvgIpc) is 2.83. The summed E-state index contributed by atoms with van der Waals surface area (Å²) in [5, 5.41) is 12.5. The number of hydrogen-bond acceptors (Lipinski definition) is 2. The third-order valence-corrected chi connectivity index (χ3v) is 3.88. The molecule has 3 heteroatoms. The monoisotopic (exact) mass is 266 g/mol. The number of rotatable bonds is 2. The number of anilines is 1. The van der Waals surface area contributed by atoms with Gasteiger partial charge in [0, 0.05) is 5.69 Å². The summed E-state index contributed by atoms with van der Waals surface area (Å²) in [6.07, 6.45) is 1.84. The van der Waals surface area contributed by atoms with Crippen molar-refractivity contribution in [2.45, 2.75) is 25.8 Å². The number of hydrogen-bond donors (Lipinski definition) is 1. The molecule has 1 aliphatic rings. The molecule has 1 atom stereocenters. The topological polar surface area (TPSA) is 35.8 Å². The number of aryl methyl sites for hydroxylation is 2. The van der Waals surface area contributed by atoms with Crippen LogP contribution in [0.1, 0.15) is 34.7 Å². The Morgan fingerprint density at radius 2 is 2.10 bits per heavy atom. The minimum Gasteiger partial charge on any atom is -0.378 e. The second-order valence-corrected chi connectivity index (χ2v) is 5.22. The molecule has 0 fully saturated rings. The first kappa shape index (κ1) is 12.7. The van der Waals surface area contributed by atoms with Crippen LogP contribution in [0.2, 0.25) is 0 Å². The Morgan fingerprint density at radius 1 is 1.25 bits per heavy atom. The summed E-state index contributed by atoms with van der Waals surface area (Å²) in [7, 11) is 0. The van der Waals surface area contributed by atoms with Crippen LogP contribution in [-0.4, -0.2) is 0 Å². The van der Waals surface area contributed by atoms with E-state index in [4.69, 9.17) is 5.26 Å². The zero-order valence-corrected chi connectivity index (χ0v) is 11.3. The van der Waals surface area contributed by atoms with E-state index in [0.29, 0.717) is 5.56 Å².